The molecule has 2 heterocycles. The number of nitrogens with zero attached hydrogens (tertiary/aromatic N) is 4. The molecule has 2 aromatic rings. The molecule has 2 aromatic heterocycles. The van der Waals surface area contributed by atoms with Gasteiger partial charge in [0.2, 0.25) is 0 Å². The summed E-state index contributed by atoms with van der Waals surface area (Å²) in [6, 6.07) is 5.40. The van der Waals surface area contributed by atoms with Crippen molar-refractivity contribution >= 4 is 11.6 Å². The van der Waals surface area contributed by atoms with Gasteiger partial charge in [-0.25, -0.2) is 4.68 Å². The summed E-state index contributed by atoms with van der Waals surface area (Å²) in [6.45, 7) is 1.84. The lowest BCUT2D eigenvalue weighted by atomic mass is 9.96. The van der Waals surface area contributed by atoms with Gasteiger partial charge in [0.25, 0.3) is 11.5 Å². The highest BCUT2D eigenvalue weighted by Gasteiger charge is 2.25. The zero-order valence-electron chi connectivity index (χ0n) is 14.9. The van der Waals surface area contributed by atoms with Crippen molar-refractivity contribution in [2.45, 2.75) is 45.1 Å². The van der Waals surface area contributed by atoms with Crippen LogP contribution in [0.25, 0.3) is 0 Å². The lowest BCUT2D eigenvalue weighted by molar-refractivity contribution is 0.101. The summed E-state index contributed by atoms with van der Waals surface area (Å²) in [7, 11) is 3.52. The fourth-order valence-corrected chi connectivity index (χ4v) is 3.64. The fraction of sp³-hybridized carbons (Fsp3) is 0.500. The van der Waals surface area contributed by atoms with E-state index >= 15 is 0 Å². The van der Waals surface area contributed by atoms with Crippen LogP contribution in [0.3, 0.4) is 0 Å². The SMILES string of the molecule is Cc1c(NC(=O)c2ccc(C#N)n2C)c(=O)n(C2CCCCC2)n1C. The number of nitrogens with one attached hydrogen (secondary N) is 1. The number of hydrogen-bond donors (Lipinski definition) is 1. The van der Waals surface area contributed by atoms with Gasteiger partial charge in [0.1, 0.15) is 23.1 Å². The van der Waals surface area contributed by atoms with Crippen LogP contribution in [0.1, 0.15) is 60.0 Å². The average molecular weight is 341 g/mol. The van der Waals surface area contributed by atoms with E-state index in [1.165, 1.54) is 11.0 Å². The van der Waals surface area contributed by atoms with Gasteiger partial charge in [0, 0.05) is 14.1 Å². The van der Waals surface area contributed by atoms with Crippen molar-refractivity contribution in [3.63, 3.8) is 0 Å². The van der Waals surface area contributed by atoms with Gasteiger partial charge in [0.15, 0.2) is 0 Å². The standard InChI is InChI=1S/C18H23N5O2/c1-12-16(20-17(24)15-10-9-14(11-19)21(15)2)18(25)23(22(12)3)13-7-5-4-6-8-13/h9-10,13H,4-8H2,1-3H3,(H,20,24). The van der Waals surface area contributed by atoms with E-state index < -0.39 is 0 Å². The summed E-state index contributed by atoms with van der Waals surface area (Å²) in [5.41, 5.74) is 1.64. The van der Waals surface area contributed by atoms with Crippen LogP contribution in [-0.2, 0) is 14.1 Å². The first-order valence-corrected chi connectivity index (χ1v) is 8.61. The van der Waals surface area contributed by atoms with Crippen molar-refractivity contribution in [1.82, 2.24) is 13.9 Å². The van der Waals surface area contributed by atoms with Crippen molar-refractivity contribution in [3.8, 4) is 6.07 Å². The van der Waals surface area contributed by atoms with Gasteiger partial charge in [-0.05, 0) is 31.9 Å². The smallest absolute Gasteiger partial charge is 0.291 e. The van der Waals surface area contributed by atoms with Gasteiger partial charge in [-0.3, -0.25) is 14.3 Å². The summed E-state index contributed by atoms with van der Waals surface area (Å²) in [4.78, 5) is 25.5. The first-order chi connectivity index (χ1) is 12.0. The van der Waals surface area contributed by atoms with Crippen molar-refractivity contribution in [3.05, 3.63) is 39.6 Å². The molecule has 0 radical (unpaired) electrons. The minimum Gasteiger partial charge on any atom is -0.331 e. The summed E-state index contributed by atoms with van der Waals surface area (Å²) in [5.74, 6) is -0.384. The maximum absolute atomic E-state index is 12.9. The summed E-state index contributed by atoms with van der Waals surface area (Å²) >= 11 is 0. The average Bonchev–Trinajstić information content (AvgIpc) is 3.08. The highest BCUT2D eigenvalue weighted by molar-refractivity contribution is 6.03. The molecule has 1 saturated carbocycles. The normalized spacial score (nSPS) is 15.1. The first kappa shape index (κ1) is 17.1. The molecule has 0 bridgehead atoms. The lowest BCUT2D eigenvalue weighted by Gasteiger charge is -2.24. The molecular formula is C18H23N5O2. The van der Waals surface area contributed by atoms with Crippen LogP contribution in [0.5, 0.6) is 0 Å². The molecule has 0 saturated heterocycles. The third kappa shape index (κ3) is 2.88. The Kier molecular flexibility index (Phi) is 4.53. The van der Waals surface area contributed by atoms with E-state index in [1.807, 2.05) is 24.7 Å². The van der Waals surface area contributed by atoms with Crippen molar-refractivity contribution in [2.75, 3.05) is 5.32 Å². The molecule has 1 N–H and O–H groups in total. The molecule has 1 fully saturated rings. The van der Waals surface area contributed by atoms with E-state index in [1.54, 1.807) is 23.9 Å². The van der Waals surface area contributed by atoms with E-state index in [-0.39, 0.29) is 17.5 Å². The molecule has 0 aliphatic heterocycles. The first-order valence-electron chi connectivity index (χ1n) is 8.61. The minimum atomic E-state index is -0.384. The van der Waals surface area contributed by atoms with Crippen LogP contribution < -0.4 is 10.9 Å². The number of carbonyl (C=O) groups is 1. The Hall–Kier alpha value is -2.75. The predicted molar refractivity (Wildman–Crippen MR) is 94.6 cm³/mol. The fourth-order valence-electron chi connectivity index (χ4n) is 3.64. The molecule has 1 amide bonds. The van der Waals surface area contributed by atoms with Gasteiger partial charge < -0.3 is 9.88 Å². The summed E-state index contributed by atoms with van der Waals surface area (Å²) in [6.07, 6.45) is 5.46. The van der Waals surface area contributed by atoms with Gasteiger partial charge >= 0.3 is 0 Å². The van der Waals surface area contributed by atoms with E-state index in [4.69, 9.17) is 5.26 Å². The highest BCUT2D eigenvalue weighted by Crippen LogP contribution is 2.28. The monoisotopic (exact) mass is 341 g/mol. The molecule has 132 valence electrons. The molecule has 0 atom stereocenters. The molecule has 7 heteroatoms. The van der Waals surface area contributed by atoms with E-state index in [9.17, 15) is 9.59 Å². The summed E-state index contributed by atoms with van der Waals surface area (Å²) in [5, 5.41) is 11.8. The van der Waals surface area contributed by atoms with Crippen molar-refractivity contribution < 1.29 is 4.79 Å². The Balaban J connectivity index is 1.93. The number of amides is 1. The maximum atomic E-state index is 12.9. The molecule has 0 unspecified atom stereocenters. The van der Waals surface area contributed by atoms with Gasteiger partial charge in [-0.1, -0.05) is 19.3 Å². The third-order valence-electron chi connectivity index (χ3n) is 5.22. The molecular weight excluding hydrogens is 318 g/mol. The molecule has 3 rings (SSSR count). The molecule has 0 spiro atoms. The zero-order valence-corrected chi connectivity index (χ0v) is 14.9. The van der Waals surface area contributed by atoms with Gasteiger partial charge in [-0.2, -0.15) is 5.26 Å². The van der Waals surface area contributed by atoms with Crippen molar-refractivity contribution in [2.24, 2.45) is 14.1 Å². The topological polar surface area (TPSA) is 84.8 Å². The largest absolute Gasteiger partial charge is 0.331 e. The number of aromatic nitrogens is 3. The Labute approximate surface area is 146 Å². The Morgan fingerprint density at radius 1 is 1.24 bits per heavy atom. The molecule has 0 aromatic carbocycles. The number of nitriles is 1. The van der Waals surface area contributed by atoms with Crippen LogP contribution in [-0.4, -0.2) is 19.8 Å². The van der Waals surface area contributed by atoms with Crippen LogP contribution in [0, 0.1) is 18.3 Å². The highest BCUT2D eigenvalue weighted by atomic mass is 16.2. The lowest BCUT2D eigenvalue weighted by Crippen LogP contribution is -2.29. The molecule has 1 aliphatic rings. The number of rotatable bonds is 3. The third-order valence-corrected chi connectivity index (χ3v) is 5.22. The maximum Gasteiger partial charge on any atom is 0.291 e. The van der Waals surface area contributed by atoms with Crippen LogP contribution in [0.2, 0.25) is 0 Å². The van der Waals surface area contributed by atoms with Crippen LogP contribution in [0.15, 0.2) is 16.9 Å². The van der Waals surface area contributed by atoms with E-state index in [0.717, 1.165) is 31.4 Å². The van der Waals surface area contributed by atoms with Gasteiger partial charge in [0.05, 0.1) is 11.7 Å². The molecule has 25 heavy (non-hydrogen) atoms. The van der Waals surface area contributed by atoms with E-state index in [0.29, 0.717) is 17.1 Å². The Morgan fingerprint density at radius 3 is 2.52 bits per heavy atom. The Bertz CT molecular complexity index is 903. The van der Waals surface area contributed by atoms with Gasteiger partial charge in [-0.15, -0.1) is 0 Å². The number of anilines is 1. The minimum absolute atomic E-state index is 0.157. The van der Waals surface area contributed by atoms with Crippen molar-refractivity contribution in [1.29, 1.82) is 5.26 Å². The summed E-state index contributed by atoms with van der Waals surface area (Å²) < 4.78 is 5.14. The number of carbonyl (C=O) groups excluding carboxylic acids is 1. The zero-order chi connectivity index (χ0) is 18.1. The van der Waals surface area contributed by atoms with Crippen LogP contribution in [0.4, 0.5) is 5.69 Å². The quantitative estimate of drug-likeness (QED) is 0.930. The second-order valence-electron chi connectivity index (χ2n) is 6.65. The van der Waals surface area contributed by atoms with Crippen LogP contribution >= 0.6 is 0 Å². The second kappa shape index (κ2) is 6.63. The molecule has 1 aliphatic carbocycles. The van der Waals surface area contributed by atoms with E-state index in [2.05, 4.69) is 5.32 Å². The second-order valence-corrected chi connectivity index (χ2v) is 6.65. The predicted octanol–water partition coefficient (Wildman–Crippen LogP) is 2.46. The number of hydrogen-bond acceptors (Lipinski definition) is 3. The Morgan fingerprint density at radius 2 is 1.92 bits per heavy atom. The molecule has 7 nitrogen and oxygen atoms in total.